The molecule has 0 bridgehead atoms. The Hall–Kier alpha value is -2.90. The maximum atomic E-state index is 12.3. The minimum atomic E-state index is -0.385. The van der Waals surface area contributed by atoms with E-state index in [1.165, 1.54) is 11.3 Å². The van der Waals surface area contributed by atoms with Crippen LogP contribution in [0, 0.1) is 13.8 Å². The number of carbonyl (C=O) groups is 2. The molecule has 0 radical (unpaired) electrons. The van der Waals surface area contributed by atoms with Crippen molar-refractivity contribution in [2.75, 3.05) is 16.0 Å². The maximum Gasteiger partial charge on any atom is 0.325 e. The van der Waals surface area contributed by atoms with Gasteiger partial charge in [0.25, 0.3) is 0 Å². The van der Waals surface area contributed by atoms with Crippen molar-refractivity contribution in [3.8, 4) is 0 Å². The number of hydrogen-bond donors (Lipinski definition) is 3. The van der Waals surface area contributed by atoms with Crippen molar-refractivity contribution < 1.29 is 9.59 Å². The number of nitrogens with zero attached hydrogens (tertiary/aromatic N) is 1. The van der Waals surface area contributed by atoms with Crippen LogP contribution in [0.15, 0.2) is 47.8 Å². The van der Waals surface area contributed by atoms with E-state index in [1.54, 1.807) is 23.6 Å². The lowest BCUT2D eigenvalue weighted by Crippen LogP contribution is -2.19. The number of urea groups is 1. The molecule has 2 aromatic carbocycles. The molecule has 0 fully saturated rings. The number of benzene rings is 2. The van der Waals surface area contributed by atoms with Gasteiger partial charge in [-0.1, -0.05) is 35.4 Å². The molecule has 1 heterocycles. The van der Waals surface area contributed by atoms with Crippen molar-refractivity contribution in [1.82, 2.24) is 4.98 Å². The van der Waals surface area contributed by atoms with Gasteiger partial charge in [0.05, 0.1) is 12.1 Å². The summed E-state index contributed by atoms with van der Waals surface area (Å²) in [4.78, 5) is 28.6. The number of anilines is 3. The Balaban J connectivity index is 1.54. The van der Waals surface area contributed by atoms with Crippen LogP contribution in [-0.4, -0.2) is 16.9 Å². The average Bonchev–Trinajstić information content (AvgIpc) is 3.07. The van der Waals surface area contributed by atoms with Gasteiger partial charge in [-0.3, -0.25) is 10.1 Å². The molecule has 0 spiro atoms. The second-order valence-corrected chi connectivity index (χ2v) is 7.49. The highest BCUT2D eigenvalue weighted by Crippen LogP contribution is 2.23. The monoisotopic (exact) mass is 414 g/mol. The van der Waals surface area contributed by atoms with Crippen LogP contribution in [0.2, 0.25) is 5.02 Å². The van der Waals surface area contributed by atoms with Crippen LogP contribution in [0.4, 0.5) is 21.3 Å². The highest BCUT2D eigenvalue weighted by Gasteiger charge is 2.12. The number of hydrogen-bond acceptors (Lipinski definition) is 4. The van der Waals surface area contributed by atoms with Crippen LogP contribution < -0.4 is 16.0 Å². The Morgan fingerprint density at radius 3 is 2.54 bits per heavy atom. The van der Waals surface area contributed by atoms with E-state index in [-0.39, 0.29) is 18.4 Å². The van der Waals surface area contributed by atoms with Crippen molar-refractivity contribution in [3.63, 3.8) is 0 Å². The van der Waals surface area contributed by atoms with E-state index in [9.17, 15) is 9.59 Å². The molecule has 144 valence electrons. The Bertz CT molecular complexity index is 1000. The SMILES string of the molecule is Cc1ccc(NC(=O)Nc2nc(CC(=O)Nc3cccc(Cl)c3C)cs2)cc1. The lowest BCUT2D eigenvalue weighted by Gasteiger charge is -2.08. The second kappa shape index (κ2) is 8.86. The van der Waals surface area contributed by atoms with Crippen LogP contribution in [0.1, 0.15) is 16.8 Å². The molecule has 0 atom stereocenters. The number of amides is 3. The molecule has 6 nitrogen and oxygen atoms in total. The van der Waals surface area contributed by atoms with Crippen LogP contribution >= 0.6 is 22.9 Å². The van der Waals surface area contributed by atoms with E-state index >= 15 is 0 Å². The Kier molecular flexibility index (Phi) is 6.28. The summed E-state index contributed by atoms with van der Waals surface area (Å²) >= 11 is 7.33. The molecule has 3 N–H and O–H groups in total. The Labute approximate surface area is 172 Å². The van der Waals surface area contributed by atoms with Gasteiger partial charge in [0.1, 0.15) is 0 Å². The van der Waals surface area contributed by atoms with Gasteiger partial charge < -0.3 is 10.6 Å². The summed E-state index contributed by atoms with van der Waals surface area (Å²) in [6, 6.07) is 12.4. The minimum Gasteiger partial charge on any atom is -0.325 e. The molecule has 0 saturated heterocycles. The van der Waals surface area contributed by atoms with Crippen LogP contribution in [-0.2, 0) is 11.2 Å². The van der Waals surface area contributed by atoms with Gasteiger partial charge in [0.2, 0.25) is 5.91 Å². The number of nitrogens with one attached hydrogen (secondary N) is 3. The van der Waals surface area contributed by atoms with Gasteiger partial charge in [-0.25, -0.2) is 9.78 Å². The second-order valence-electron chi connectivity index (χ2n) is 6.23. The Morgan fingerprint density at radius 1 is 1.04 bits per heavy atom. The maximum absolute atomic E-state index is 12.3. The molecule has 0 aliphatic carbocycles. The molecule has 0 saturated carbocycles. The minimum absolute atomic E-state index is 0.101. The first kappa shape index (κ1) is 19.9. The third-order valence-corrected chi connectivity index (χ3v) is 5.18. The van der Waals surface area contributed by atoms with E-state index in [2.05, 4.69) is 20.9 Å². The van der Waals surface area contributed by atoms with Crippen molar-refractivity contribution in [3.05, 3.63) is 69.7 Å². The fraction of sp³-hybridized carbons (Fsp3) is 0.150. The summed E-state index contributed by atoms with van der Waals surface area (Å²) in [5.74, 6) is -0.202. The zero-order valence-electron chi connectivity index (χ0n) is 15.4. The predicted molar refractivity (Wildman–Crippen MR) is 114 cm³/mol. The number of thiazole rings is 1. The summed E-state index contributed by atoms with van der Waals surface area (Å²) in [5.41, 5.74) is 3.86. The van der Waals surface area contributed by atoms with E-state index < -0.39 is 0 Å². The summed E-state index contributed by atoms with van der Waals surface area (Å²) < 4.78 is 0. The number of rotatable bonds is 5. The molecule has 3 rings (SSSR count). The summed E-state index contributed by atoms with van der Waals surface area (Å²) in [5, 5.41) is 11.0. The molecule has 8 heteroatoms. The van der Waals surface area contributed by atoms with Crippen molar-refractivity contribution >= 4 is 51.4 Å². The normalized spacial score (nSPS) is 10.4. The van der Waals surface area contributed by atoms with Crippen LogP contribution in [0.5, 0.6) is 0 Å². The third kappa shape index (κ3) is 5.31. The van der Waals surface area contributed by atoms with Crippen LogP contribution in [0.3, 0.4) is 0 Å². The largest absolute Gasteiger partial charge is 0.325 e. The topological polar surface area (TPSA) is 83.1 Å². The number of halogens is 1. The quantitative estimate of drug-likeness (QED) is 0.534. The van der Waals surface area contributed by atoms with Gasteiger partial charge in [-0.2, -0.15) is 0 Å². The first-order valence-corrected chi connectivity index (χ1v) is 9.80. The molecule has 28 heavy (non-hydrogen) atoms. The fourth-order valence-electron chi connectivity index (χ4n) is 2.44. The number of aryl methyl sites for hydroxylation is 1. The zero-order valence-corrected chi connectivity index (χ0v) is 16.9. The molecule has 1 aromatic heterocycles. The summed E-state index contributed by atoms with van der Waals surface area (Å²) in [6.07, 6.45) is 0.101. The smallest absolute Gasteiger partial charge is 0.325 e. The van der Waals surface area contributed by atoms with E-state index in [1.807, 2.05) is 38.1 Å². The predicted octanol–water partition coefficient (Wildman–Crippen LogP) is 5.24. The lowest BCUT2D eigenvalue weighted by molar-refractivity contribution is -0.115. The number of carbonyl (C=O) groups excluding carboxylic acids is 2. The molecule has 3 aromatic rings. The third-order valence-electron chi connectivity index (χ3n) is 3.97. The molecule has 0 unspecified atom stereocenters. The van der Waals surface area contributed by atoms with E-state index in [0.29, 0.717) is 27.2 Å². The van der Waals surface area contributed by atoms with E-state index in [4.69, 9.17) is 11.6 Å². The first-order valence-electron chi connectivity index (χ1n) is 8.55. The Morgan fingerprint density at radius 2 is 1.79 bits per heavy atom. The highest BCUT2D eigenvalue weighted by molar-refractivity contribution is 7.14. The van der Waals surface area contributed by atoms with Crippen LogP contribution in [0.25, 0.3) is 0 Å². The van der Waals surface area contributed by atoms with Gasteiger partial charge >= 0.3 is 6.03 Å². The molecular weight excluding hydrogens is 396 g/mol. The zero-order chi connectivity index (χ0) is 20.1. The molecular formula is C20H19ClN4O2S. The average molecular weight is 415 g/mol. The fourth-order valence-corrected chi connectivity index (χ4v) is 3.32. The van der Waals surface area contributed by atoms with Crippen molar-refractivity contribution in [1.29, 1.82) is 0 Å². The van der Waals surface area contributed by atoms with Crippen molar-refractivity contribution in [2.24, 2.45) is 0 Å². The molecule has 3 amide bonds. The standard InChI is InChI=1S/C20H19ClN4O2S/c1-12-6-8-14(9-7-12)22-19(27)25-20-23-15(11-28-20)10-18(26)24-17-5-3-4-16(21)13(17)2/h3-9,11H,10H2,1-2H3,(H,24,26)(H2,22,23,25,27). The van der Waals surface area contributed by atoms with Gasteiger partial charge in [0.15, 0.2) is 5.13 Å². The number of aromatic nitrogens is 1. The summed E-state index contributed by atoms with van der Waals surface area (Å²) in [6.45, 7) is 3.82. The first-order chi connectivity index (χ1) is 13.4. The lowest BCUT2D eigenvalue weighted by atomic mass is 10.2. The highest BCUT2D eigenvalue weighted by atomic mass is 35.5. The van der Waals surface area contributed by atoms with E-state index in [0.717, 1.165) is 11.1 Å². The van der Waals surface area contributed by atoms with Gasteiger partial charge in [-0.15, -0.1) is 11.3 Å². The van der Waals surface area contributed by atoms with Gasteiger partial charge in [0, 0.05) is 21.8 Å². The van der Waals surface area contributed by atoms with Gasteiger partial charge in [-0.05, 0) is 43.7 Å². The van der Waals surface area contributed by atoms with Crippen molar-refractivity contribution in [2.45, 2.75) is 20.3 Å². The molecule has 0 aliphatic rings. The summed E-state index contributed by atoms with van der Waals surface area (Å²) in [7, 11) is 0. The molecule has 0 aliphatic heterocycles.